The number of aryl methyl sites for hydroxylation is 1. The fourth-order valence-corrected chi connectivity index (χ4v) is 2.66. The van der Waals surface area contributed by atoms with Gasteiger partial charge in [-0.25, -0.2) is 0 Å². The predicted octanol–water partition coefficient (Wildman–Crippen LogP) is 4.77. The van der Waals surface area contributed by atoms with Gasteiger partial charge in [0.15, 0.2) is 0 Å². The molecule has 0 fully saturated rings. The summed E-state index contributed by atoms with van der Waals surface area (Å²) in [6.45, 7) is 5.41. The first-order chi connectivity index (χ1) is 12.5. The Morgan fingerprint density at radius 3 is 2.65 bits per heavy atom. The van der Waals surface area contributed by atoms with Gasteiger partial charge in [0.05, 0.1) is 6.04 Å². The maximum atomic E-state index is 6.02. The van der Waals surface area contributed by atoms with Crippen molar-refractivity contribution < 1.29 is 9.15 Å². The van der Waals surface area contributed by atoms with Gasteiger partial charge in [-0.05, 0) is 51.2 Å². The number of halogens is 1. The van der Waals surface area contributed by atoms with E-state index in [2.05, 4.69) is 22.0 Å². The van der Waals surface area contributed by atoms with Gasteiger partial charge in [-0.1, -0.05) is 35.4 Å². The lowest BCUT2D eigenvalue weighted by Crippen LogP contribution is -2.27. The molecule has 2 aromatic carbocycles. The number of likely N-dealkylation sites (N-methyl/N-ethyl adjacent to an activating group) is 1. The smallest absolute Gasteiger partial charge is 0.247 e. The Kier molecular flexibility index (Phi) is 5.91. The van der Waals surface area contributed by atoms with Crippen molar-refractivity contribution >= 4 is 11.6 Å². The molecule has 0 saturated carbocycles. The van der Waals surface area contributed by atoms with Crippen LogP contribution in [0.5, 0.6) is 5.75 Å². The summed E-state index contributed by atoms with van der Waals surface area (Å²) in [5.41, 5.74) is 2.03. The number of hydrogen-bond acceptors (Lipinski definition) is 5. The van der Waals surface area contributed by atoms with Crippen molar-refractivity contribution in [2.75, 3.05) is 20.2 Å². The predicted molar refractivity (Wildman–Crippen MR) is 102 cm³/mol. The van der Waals surface area contributed by atoms with Gasteiger partial charge >= 0.3 is 0 Å². The molecule has 136 valence electrons. The van der Waals surface area contributed by atoms with Crippen LogP contribution in [0.3, 0.4) is 0 Å². The van der Waals surface area contributed by atoms with Crippen LogP contribution in [0.15, 0.2) is 52.9 Å². The molecule has 3 rings (SSSR count). The van der Waals surface area contributed by atoms with Crippen molar-refractivity contribution in [1.82, 2.24) is 15.1 Å². The van der Waals surface area contributed by atoms with E-state index < -0.39 is 0 Å². The van der Waals surface area contributed by atoms with Gasteiger partial charge in [-0.3, -0.25) is 4.90 Å². The van der Waals surface area contributed by atoms with Gasteiger partial charge in [0.25, 0.3) is 0 Å². The number of benzene rings is 2. The van der Waals surface area contributed by atoms with Crippen molar-refractivity contribution in [2.24, 2.45) is 0 Å². The highest BCUT2D eigenvalue weighted by Gasteiger charge is 2.19. The lowest BCUT2D eigenvalue weighted by molar-refractivity contribution is 0.182. The van der Waals surface area contributed by atoms with E-state index in [1.54, 1.807) is 0 Å². The minimum Gasteiger partial charge on any atom is -0.492 e. The Morgan fingerprint density at radius 2 is 1.92 bits per heavy atom. The number of aromatic nitrogens is 2. The van der Waals surface area contributed by atoms with Crippen LogP contribution in [-0.4, -0.2) is 35.3 Å². The summed E-state index contributed by atoms with van der Waals surface area (Å²) in [6.07, 6.45) is 0. The van der Waals surface area contributed by atoms with Gasteiger partial charge in [0, 0.05) is 17.1 Å². The fourth-order valence-electron chi connectivity index (χ4n) is 2.47. The zero-order chi connectivity index (χ0) is 18.5. The van der Waals surface area contributed by atoms with Crippen molar-refractivity contribution in [3.63, 3.8) is 0 Å². The second-order valence-electron chi connectivity index (χ2n) is 6.27. The summed E-state index contributed by atoms with van der Waals surface area (Å²) in [4.78, 5) is 2.11. The maximum absolute atomic E-state index is 6.02. The molecular weight excluding hydrogens is 350 g/mol. The normalized spacial score (nSPS) is 12.3. The average molecular weight is 372 g/mol. The van der Waals surface area contributed by atoms with E-state index in [0.717, 1.165) is 17.9 Å². The quantitative estimate of drug-likeness (QED) is 0.598. The van der Waals surface area contributed by atoms with Gasteiger partial charge < -0.3 is 9.15 Å². The fraction of sp³-hybridized carbons (Fsp3) is 0.300. The van der Waals surface area contributed by atoms with E-state index in [4.69, 9.17) is 20.8 Å². The summed E-state index contributed by atoms with van der Waals surface area (Å²) in [6, 6.07) is 15.4. The van der Waals surface area contributed by atoms with Crippen LogP contribution in [0, 0.1) is 6.92 Å². The Bertz CT molecular complexity index is 848. The molecule has 0 aliphatic heterocycles. The summed E-state index contributed by atoms with van der Waals surface area (Å²) in [5.74, 6) is 1.91. The summed E-state index contributed by atoms with van der Waals surface area (Å²) in [7, 11) is 2.01. The van der Waals surface area contributed by atoms with Gasteiger partial charge in [-0.15, -0.1) is 10.2 Å². The third-order valence-corrected chi connectivity index (χ3v) is 4.50. The topological polar surface area (TPSA) is 51.4 Å². The van der Waals surface area contributed by atoms with E-state index in [1.807, 2.05) is 62.5 Å². The minimum atomic E-state index is -0.0166. The van der Waals surface area contributed by atoms with Crippen molar-refractivity contribution in [1.29, 1.82) is 0 Å². The molecule has 0 saturated heterocycles. The Balaban J connectivity index is 1.56. The third-order valence-electron chi connectivity index (χ3n) is 4.26. The molecule has 26 heavy (non-hydrogen) atoms. The van der Waals surface area contributed by atoms with Gasteiger partial charge in [0.2, 0.25) is 11.8 Å². The average Bonchev–Trinajstić information content (AvgIpc) is 3.13. The molecule has 1 atom stereocenters. The maximum Gasteiger partial charge on any atom is 0.247 e. The molecule has 0 radical (unpaired) electrons. The Labute approximate surface area is 158 Å². The summed E-state index contributed by atoms with van der Waals surface area (Å²) < 4.78 is 11.6. The molecule has 0 aliphatic carbocycles. The lowest BCUT2D eigenvalue weighted by Gasteiger charge is -2.21. The number of hydrogen-bond donors (Lipinski definition) is 0. The molecule has 0 aliphatic rings. The van der Waals surface area contributed by atoms with Crippen LogP contribution in [0.4, 0.5) is 0 Å². The first kappa shape index (κ1) is 18.4. The zero-order valence-corrected chi connectivity index (χ0v) is 15.9. The molecular formula is C20H22ClN3O2. The van der Waals surface area contributed by atoms with Crippen LogP contribution in [0.25, 0.3) is 11.5 Å². The van der Waals surface area contributed by atoms with E-state index in [-0.39, 0.29) is 6.04 Å². The van der Waals surface area contributed by atoms with Crippen LogP contribution < -0.4 is 4.74 Å². The number of nitrogens with zero attached hydrogens (tertiary/aromatic N) is 3. The highest BCUT2D eigenvalue weighted by atomic mass is 35.5. The molecule has 3 aromatic rings. The van der Waals surface area contributed by atoms with Crippen LogP contribution >= 0.6 is 11.6 Å². The molecule has 5 nitrogen and oxygen atoms in total. The van der Waals surface area contributed by atoms with Crippen molar-refractivity contribution in [2.45, 2.75) is 19.9 Å². The minimum absolute atomic E-state index is 0.0166. The van der Waals surface area contributed by atoms with Crippen molar-refractivity contribution in [3.05, 3.63) is 65.0 Å². The van der Waals surface area contributed by atoms with E-state index in [1.165, 1.54) is 5.56 Å². The molecule has 1 aromatic heterocycles. The van der Waals surface area contributed by atoms with Crippen LogP contribution in [0.1, 0.15) is 24.4 Å². The number of ether oxygens (including phenoxy) is 1. The van der Waals surface area contributed by atoms with Gasteiger partial charge in [0.1, 0.15) is 12.4 Å². The van der Waals surface area contributed by atoms with Gasteiger partial charge in [-0.2, -0.15) is 0 Å². The highest BCUT2D eigenvalue weighted by molar-refractivity contribution is 6.30. The SMILES string of the molecule is Cc1ccc(OCCN(C)[C@@H](C)c2nnc(-c3cccc(Cl)c3)o2)cc1. The van der Waals surface area contributed by atoms with E-state index in [0.29, 0.717) is 23.4 Å². The second kappa shape index (κ2) is 8.34. The highest BCUT2D eigenvalue weighted by Crippen LogP contribution is 2.25. The Morgan fingerprint density at radius 1 is 1.15 bits per heavy atom. The number of rotatable bonds is 7. The monoisotopic (exact) mass is 371 g/mol. The lowest BCUT2D eigenvalue weighted by atomic mass is 10.2. The molecule has 6 heteroatoms. The largest absolute Gasteiger partial charge is 0.492 e. The summed E-state index contributed by atoms with van der Waals surface area (Å²) in [5, 5.41) is 8.95. The molecule has 0 N–H and O–H groups in total. The Hall–Kier alpha value is -2.37. The molecule has 0 unspecified atom stereocenters. The first-order valence-corrected chi connectivity index (χ1v) is 8.90. The third kappa shape index (κ3) is 4.62. The standard InChI is InChI=1S/C20H22ClN3O2/c1-14-7-9-18(10-8-14)25-12-11-24(3)15(2)19-22-23-20(26-19)16-5-4-6-17(21)13-16/h4-10,13,15H,11-12H2,1-3H3/t15-/m0/s1. The molecule has 0 amide bonds. The molecule has 0 bridgehead atoms. The van der Waals surface area contributed by atoms with Crippen LogP contribution in [0.2, 0.25) is 5.02 Å². The second-order valence-corrected chi connectivity index (χ2v) is 6.71. The summed E-state index contributed by atoms with van der Waals surface area (Å²) >= 11 is 6.02. The first-order valence-electron chi connectivity index (χ1n) is 8.52. The van der Waals surface area contributed by atoms with E-state index in [9.17, 15) is 0 Å². The zero-order valence-electron chi connectivity index (χ0n) is 15.1. The van der Waals surface area contributed by atoms with Crippen LogP contribution in [-0.2, 0) is 0 Å². The van der Waals surface area contributed by atoms with E-state index >= 15 is 0 Å². The molecule has 1 heterocycles. The molecule has 0 spiro atoms. The van der Waals surface area contributed by atoms with Crippen molar-refractivity contribution in [3.8, 4) is 17.2 Å².